The normalized spacial score (nSPS) is 15.0. The number of urea groups is 1. The lowest BCUT2D eigenvalue weighted by Gasteiger charge is -2.15. The zero-order valence-electron chi connectivity index (χ0n) is 14.0. The minimum absolute atomic E-state index is 0.0338. The molecule has 1 fully saturated rings. The molecule has 1 N–H and O–H groups in total. The van der Waals surface area contributed by atoms with E-state index in [9.17, 15) is 13.7 Å². The van der Waals surface area contributed by atoms with Crippen molar-refractivity contribution in [1.29, 1.82) is 0 Å². The summed E-state index contributed by atoms with van der Waals surface area (Å²) in [6.07, 6.45) is 0. The van der Waals surface area contributed by atoms with Gasteiger partial charge in [0.05, 0.1) is 10.2 Å². The van der Waals surface area contributed by atoms with E-state index >= 15 is 0 Å². The van der Waals surface area contributed by atoms with Crippen LogP contribution in [0.4, 0.5) is 19.4 Å². The van der Waals surface area contributed by atoms with Crippen LogP contribution in [0.5, 0.6) is 0 Å². The van der Waals surface area contributed by atoms with Crippen molar-refractivity contribution in [3.05, 3.63) is 47.8 Å². The Morgan fingerprint density at radius 3 is 2.81 bits per heavy atom. The molecule has 0 radical (unpaired) electrons. The van der Waals surface area contributed by atoms with Gasteiger partial charge in [-0.2, -0.15) is 0 Å². The first kappa shape index (κ1) is 16.9. The lowest BCUT2D eigenvalue weighted by Crippen LogP contribution is -2.33. The smallest absolute Gasteiger partial charge is 0.308 e. The zero-order chi connectivity index (χ0) is 18.3. The van der Waals surface area contributed by atoms with Crippen LogP contribution in [0.1, 0.15) is 5.56 Å². The quantitative estimate of drug-likeness (QED) is 0.677. The molecule has 0 bridgehead atoms. The number of carbonyl (C=O) groups is 1. The van der Waals surface area contributed by atoms with Crippen LogP contribution in [-0.2, 0) is 0 Å². The highest BCUT2D eigenvalue weighted by molar-refractivity contribution is 7.21. The third-order valence-corrected chi connectivity index (χ3v) is 5.37. The van der Waals surface area contributed by atoms with E-state index in [1.54, 1.807) is 25.1 Å². The molecule has 0 saturated carbocycles. The summed E-state index contributed by atoms with van der Waals surface area (Å²) in [5.74, 6) is -0.262. The lowest BCUT2D eigenvalue weighted by atomic mass is 10.1. The van der Waals surface area contributed by atoms with Crippen molar-refractivity contribution in [3.63, 3.8) is 0 Å². The molecule has 4 rings (SSSR count). The monoisotopic (exact) mass is 374 g/mol. The summed E-state index contributed by atoms with van der Waals surface area (Å²) in [7, 11) is 0. The minimum atomic E-state index is -0.347. The molecule has 0 aliphatic carbocycles. The van der Waals surface area contributed by atoms with Gasteiger partial charge in [-0.25, -0.2) is 14.2 Å². The number of nitrogens with one attached hydrogen (secondary N) is 1. The number of aryl methyl sites for hydroxylation is 1. The summed E-state index contributed by atoms with van der Waals surface area (Å²) < 4.78 is 27.8. The van der Waals surface area contributed by atoms with Crippen molar-refractivity contribution in [3.8, 4) is 10.6 Å². The van der Waals surface area contributed by atoms with Gasteiger partial charge in [0.1, 0.15) is 17.5 Å². The van der Waals surface area contributed by atoms with Crippen molar-refractivity contribution in [2.45, 2.75) is 6.92 Å². The second-order valence-electron chi connectivity index (χ2n) is 6.19. The molecule has 2 heterocycles. The Morgan fingerprint density at radius 2 is 2.08 bits per heavy atom. The Labute approximate surface area is 152 Å². The molecule has 3 aromatic rings. The van der Waals surface area contributed by atoms with E-state index in [1.807, 2.05) is 12.1 Å². The van der Waals surface area contributed by atoms with Crippen LogP contribution in [0.3, 0.4) is 0 Å². The molecule has 1 saturated heterocycles. The molecule has 5 nitrogen and oxygen atoms in total. The molecule has 0 spiro atoms. The lowest BCUT2D eigenvalue weighted by molar-refractivity contribution is 0.0418. The fourth-order valence-electron chi connectivity index (χ4n) is 2.78. The molecular weight excluding hydrogens is 358 g/mol. The molecule has 134 valence electrons. The first-order valence-electron chi connectivity index (χ1n) is 8.13. The number of hydrogen-bond acceptors (Lipinski definition) is 4. The van der Waals surface area contributed by atoms with E-state index in [4.69, 9.17) is 0 Å². The first-order valence-corrected chi connectivity index (χ1v) is 8.95. The largest absolute Gasteiger partial charge is 0.323 e. The molecule has 0 unspecified atom stereocenters. The van der Waals surface area contributed by atoms with Crippen molar-refractivity contribution in [2.75, 3.05) is 25.1 Å². The number of nitrogens with zero attached hydrogens (tertiary/aromatic N) is 3. The number of anilines is 1. The minimum Gasteiger partial charge on any atom is -0.308 e. The van der Waals surface area contributed by atoms with E-state index in [-0.39, 0.29) is 25.1 Å². The molecule has 2 aromatic carbocycles. The third-order valence-electron chi connectivity index (χ3n) is 4.28. The van der Waals surface area contributed by atoms with Gasteiger partial charge in [-0.15, -0.1) is 20.9 Å². The fourth-order valence-corrected chi connectivity index (χ4v) is 3.72. The van der Waals surface area contributed by atoms with Gasteiger partial charge in [-0.1, -0.05) is 12.1 Å². The highest BCUT2D eigenvalue weighted by Crippen LogP contribution is 2.32. The average Bonchev–Trinajstić information content (AvgIpc) is 3.23. The van der Waals surface area contributed by atoms with Crippen LogP contribution in [0.25, 0.3) is 20.8 Å². The van der Waals surface area contributed by atoms with Crippen molar-refractivity contribution in [2.24, 2.45) is 0 Å². The van der Waals surface area contributed by atoms with E-state index in [2.05, 4.69) is 10.3 Å². The number of rotatable bonds is 2. The summed E-state index contributed by atoms with van der Waals surface area (Å²) >= 11 is 1.46. The maximum Gasteiger partial charge on any atom is 0.323 e. The predicted octanol–water partition coefficient (Wildman–Crippen LogP) is 4.40. The summed E-state index contributed by atoms with van der Waals surface area (Å²) in [4.78, 5) is 18.1. The Bertz CT molecular complexity index is 990. The molecule has 1 aliphatic rings. The fraction of sp³-hybridized carbons (Fsp3) is 0.222. The summed E-state index contributed by atoms with van der Waals surface area (Å²) in [5.41, 5.74) is 2.62. The maximum absolute atomic E-state index is 13.8. The Morgan fingerprint density at radius 1 is 1.23 bits per heavy atom. The van der Waals surface area contributed by atoms with Gasteiger partial charge < -0.3 is 10.2 Å². The molecular formula is C18H16F2N4OS. The van der Waals surface area contributed by atoms with Crippen molar-refractivity contribution >= 4 is 33.3 Å². The van der Waals surface area contributed by atoms with E-state index in [1.165, 1.54) is 22.3 Å². The number of benzene rings is 2. The van der Waals surface area contributed by atoms with Crippen molar-refractivity contribution in [1.82, 2.24) is 15.0 Å². The summed E-state index contributed by atoms with van der Waals surface area (Å²) in [5, 5.41) is 4.07. The Hall–Kier alpha value is -2.58. The van der Waals surface area contributed by atoms with Gasteiger partial charge in [0.15, 0.2) is 0 Å². The van der Waals surface area contributed by atoms with Gasteiger partial charge in [-0.3, -0.25) is 0 Å². The number of carbonyl (C=O) groups excluding carboxylic acids is 1. The Balaban J connectivity index is 1.57. The van der Waals surface area contributed by atoms with Gasteiger partial charge in [-0.05, 0) is 36.8 Å². The van der Waals surface area contributed by atoms with Gasteiger partial charge in [0.25, 0.3) is 0 Å². The van der Waals surface area contributed by atoms with Crippen molar-refractivity contribution < 1.29 is 13.7 Å². The molecule has 1 aliphatic heterocycles. The molecule has 1 aromatic heterocycles. The van der Waals surface area contributed by atoms with Gasteiger partial charge in [0.2, 0.25) is 0 Å². The second kappa shape index (κ2) is 6.62. The van der Waals surface area contributed by atoms with Gasteiger partial charge in [0, 0.05) is 24.3 Å². The highest BCUT2D eigenvalue weighted by atomic mass is 32.1. The van der Waals surface area contributed by atoms with Crippen LogP contribution in [0.15, 0.2) is 36.4 Å². The third kappa shape index (κ3) is 3.25. The molecule has 0 atom stereocenters. The number of aromatic nitrogens is 1. The SMILES string of the molecule is Cc1ccc(-c2nc3cc(NC(=O)N4CCN(F)C4)ccc3s2)cc1F. The predicted molar refractivity (Wildman–Crippen MR) is 98.2 cm³/mol. The van der Waals surface area contributed by atoms with Crippen LogP contribution in [0, 0.1) is 12.7 Å². The number of fused-ring (bicyclic) bond motifs is 1. The molecule has 2 amide bonds. The van der Waals surface area contributed by atoms with E-state index < -0.39 is 0 Å². The maximum atomic E-state index is 13.8. The highest BCUT2D eigenvalue weighted by Gasteiger charge is 2.24. The van der Waals surface area contributed by atoms with Crippen LogP contribution in [0.2, 0.25) is 0 Å². The molecule has 8 heteroatoms. The van der Waals surface area contributed by atoms with E-state index in [0.717, 1.165) is 20.8 Å². The van der Waals surface area contributed by atoms with Crippen LogP contribution >= 0.6 is 11.3 Å². The second-order valence-corrected chi connectivity index (χ2v) is 7.22. The molecule has 26 heavy (non-hydrogen) atoms. The van der Waals surface area contributed by atoms with Crippen LogP contribution in [-0.4, -0.2) is 40.8 Å². The average molecular weight is 374 g/mol. The summed E-state index contributed by atoms with van der Waals surface area (Å²) in [6.45, 7) is 2.25. The summed E-state index contributed by atoms with van der Waals surface area (Å²) in [6, 6.07) is 10.1. The Kier molecular flexibility index (Phi) is 4.29. The number of hydrogen-bond donors (Lipinski definition) is 1. The van der Waals surface area contributed by atoms with E-state index in [0.29, 0.717) is 22.9 Å². The van der Waals surface area contributed by atoms with Crippen LogP contribution < -0.4 is 5.32 Å². The zero-order valence-corrected chi connectivity index (χ0v) is 14.8. The number of thiazole rings is 1. The van der Waals surface area contributed by atoms with Gasteiger partial charge >= 0.3 is 6.03 Å². The number of halogens is 2. The first-order chi connectivity index (χ1) is 12.5. The number of amides is 2. The standard InChI is InChI=1S/C18H16F2N4OS/c1-11-2-3-12(8-14(11)19)17-22-15-9-13(4-5-16(15)26-17)21-18(25)23-6-7-24(20)10-23/h2-5,8-9H,6-7,10H2,1H3,(H,21,25). The topological polar surface area (TPSA) is 48.5 Å².